The molecule has 0 aliphatic rings. The Morgan fingerprint density at radius 1 is 1.26 bits per heavy atom. The third-order valence-electron chi connectivity index (χ3n) is 4.93. The third-order valence-corrected chi connectivity index (χ3v) is 6.61. The molecule has 0 saturated heterocycles. The number of hydrogen-bond acceptors (Lipinski definition) is 7. The topological polar surface area (TPSA) is 145 Å². The number of sulfonamides is 1. The lowest BCUT2D eigenvalue weighted by Gasteiger charge is -2.23. The van der Waals surface area contributed by atoms with Crippen molar-refractivity contribution in [2.75, 3.05) is 0 Å². The van der Waals surface area contributed by atoms with Crippen LogP contribution in [0.3, 0.4) is 0 Å². The number of nitrogens with one attached hydrogen (secondary N) is 2. The van der Waals surface area contributed by atoms with E-state index in [1.807, 2.05) is 34.6 Å². The van der Waals surface area contributed by atoms with Crippen LogP contribution in [0.4, 0.5) is 5.69 Å². The van der Waals surface area contributed by atoms with Gasteiger partial charge in [0, 0.05) is 29.8 Å². The minimum absolute atomic E-state index is 0.0652. The van der Waals surface area contributed by atoms with Gasteiger partial charge in [-0.05, 0) is 61.0 Å². The highest BCUT2D eigenvalue weighted by molar-refractivity contribution is 7.89. The van der Waals surface area contributed by atoms with E-state index in [1.54, 1.807) is 20.8 Å². The average molecular weight is 496 g/mol. The Balaban J connectivity index is 2.68. The van der Waals surface area contributed by atoms with E-state index in [9.17, 15) is 23.3 Å². The van der Waals surface area contributed by atoms with Crippen molar-refractivity contribution < 1.29 is 22.9 Å². The van der Waals surface area contributed by atoms with Crippen LogP contribution in [0.25, 0.3) is 0 Å². The first kappa shape index (κ1) is 27.3. The molecule has 0 aliphatic heterocycles. The van der Waals surface area contributed by atoms with Gasteiger partial charge in [-0.25, -0.2) is 17.8 Å². The Morgan fingerprint density at radius 2 is 1.88 bits per heavy atom. The van der Waals surface area contributed by atoms with Crippen LogP contribution in [-0.4, -0.2) is 41.1 Å². The molecule has 11 nitrogen and oxygen atoms in total. The molecule has 34 heavy (non-hydrogen) atoms. The molecule has 0 aliphatic carbocycles. The van der Waals surface area contributed by atoms with Gasteiger partial charge in [-0.3, -0.25) is 14.9 Å². The summed E-state index contributed by atoms with van der Waals surface area (Å²) in [5.74, 6) is -0.337. The fourth-order valence-corrected chi connectivity index (χ4v) is 4.45. The van der Waals surface area contributed by atoms with E-state index in [0.29, 0.717) is 5.56 Å². The second-order valence-electron chi connectivity index (χ2n) is 9.41. The normalized spacial score (nSPS) is 13.1. The molecule has 2 N–H and O–H groups in total. The van der Waals surface area contributed by atoms with E-state index < -0.39 is 32.2 Å². The summed E-state index contributed by atoms with van der Waals surface area (Å²) in [5, 5.41) is 18.6. The predicted octanol–water partition coefficient (Wildman–Crippen LogP) is 3.86. The van der Waals surface area contributed by atoms with Crippen LogP contribution < -0.4 is 14.8 Å². The number of ether oxygens (including phenoxy) is 1. The number of hydrogen-bond donors (Lipinski definition) is 2. The number of aromatic nitrogens is 2. The monoisotopic (exact) mass is 495 g/mol. The molecule has 0 fully saturated rings. The summed E-state index contributed by atoms with van der Waals surface area (Å²) < 4.78 is 35.9. The molecular formula is C22H33N5O6S. The summed E-state index contributed by atoms with van der Waals surface area (Å²) in [6, 6.07) is 2.82. The first-order chi connectivity index (χ1) is 15.6. The quantitative estimate of drug-likeness (QED) is 0.397. The van der Waals surface area contributed by atoms with Gasteiger partial charge < -0.3 is 10.1 Å². The SMILES string of the molecule is CCC(C)NC(=O)c1nn(C(C)(C)C)c(Oc2ccc([N+](=O)[O-])cc2S(=O)(=O)NC(C)C)c1C. The van der Waals surface area contributed by atoms with Gasteiger partial charge in [0.25, 0.3) is 11.6 Å². The largest absolute Gasteiger partial charge is 0.438 e. The van der Waals surface area contributed by atoms with Gasteiger partial charge in [0.15, 0.2) is 5.69 Å². The van der Waals surface area contributed by atoms with Crippen molar-refractivity contribution in [1.82, 2.24) is 19.8 Å². The van der Waals surface area contributed by atoms with Crippen molar-refractivity contribution >= 4 is 21.6 Å². The molecule has 1 aromatic carbocycles. The van der Waals surface area contributed by atoms with Gasteiger partial charge in [-0.2, -0.15) is 5.10 Å². The Labute approximate surface area is 200 Å². The first-order valence-electron chi connectivity index (χ1n) is 11.0. The van der Waals surface area contributed by atoms with Crippen molar-refractivity contribution in [3.8, 4) is 11.6 Å². The van der Waals surface area contributed by atoms with Crippen LogP contribution in [0.5, 0.6) is 11.6 Å². The van der Waals surface area contributed by atoms with Crippen LogP contribution in [0.2, 0.25) is 0 Å². The molecule has 1 aromatic heterocycles. The minimum Gasteiger partial charge on any atom is -0.438 e. The second kappa shape index (κ2) is 10.1. The van der Waals surface area contributed by atoms with E-state index in [0.717, 1.165) is 18.6 Å². The van der Waals surface area contributed by atoms with Gasteiger partial charge in [0.05, 0.1) is 10.5 Å². The molecule has 0 bridgehead atoms. The van der Waals surface area contributed by atoms with Crippen LogP contribution in [0.15, 0.2) is 23.1 Å². The number of non-ortho nitro benzene ring substituents is 1. The molecule has 1 heterocycles. The molecule has 0 radical (unpaired) electrons. The standard InChI is InChI=1S/C22H33N5O6S/c1-9-14(4)23-20(28)19-15(5)21(26(24-19)22(6,7)8)33-17-11-10-16(27(29)30)12-18(17)34(31,32)25-13(2)3/h10-14,25H,9H2,1-8H3,(H,23,28). The summed E-state index contributed by atoms with van der Waals surface area (Å²) in [6.07, 6.45) is 0.737. The smallest absolute Gasteiger partial charge is 0.272 e. The fraction of sp³-hybridized carbons (Fsp3) is 0.545. The van der Waals surface area contributed by atoms with E-state index >= 15 is 0 Å². The number of amides is 1. The van der Waals surface area contributed by atoms with Crippen molar-refractivity contribution in [3.05, 3.63) is 39.6 Å². The molecular weight excluding hydrogens is 462 g/mol. The van der Waals surface area contributed by atoms with Gasteiger partial charge in [0.1, 0.15) is 10.6 Å². The zero-order valence-corrected chi connectivity index (χ0v) is 21.6. The maximum Gasteiger partial charge on any atom is 0.272 e. The van der Waals surface area contributed by atoms with Gasteiger partial charge in [-0.15, -0.1) is 0 Å². The Kier molecular flexibility index (Phi) is 8.10. The van der Waals surface area contributed by atoms with E-state index in [4.69, 9.17) is 4.74 Å². The number of carbonyl (C=O) groups is 1. The van der Waals surface area contributed by atoms with Crippen LogP contribution in [0.1, 0.15) is 70.9 Å². The third kappa shape index (κ3) is 6.11. The summed E-state index contributed by atoms with van der Waals surface area (Å²) >= 11 is 0. The summed E-state index contributed by atoms with van der Waals surface area (Å²) in [6.45, 7) is 14.3. The minimum atomic E-state index is -4.14. The molecule has 0 spiro atoms. The van der Waals surface area contributed by atoms with Crippen molar-refractivity contribution in [3.63, 3.8) is 0 Å². The van der Waals surface area contributed by atoms with E-state index in [-0.39, 0.29) is 34.2 Å². The molecule has 1 unspecified atom stereocenters. The number of carbonyl (C=O) groups excluding carboxylic acids is 1. The highest BCUT2D eigenvalue weighted by Crippen LogP contribution is 2.36. The summed E-state index contributed by atoms with van der Waals surface area (Å²) in [5.41, 5.74) is -0.456. The molecule has 1 amide bonds. The lowest BCUT2D eigenvalue weighted by Crippen LogP contribution is -2.33. The van der Waals surface area contributed by atoms with Gasteiger partial charge in [-0.1, -0.05) is 6.92 Å². The number of benzene rings is 1. The Bertz CT molecular complexity index is 1180. The van der Waals surface area contributed by atoms with Crippen molar-refractivity contribution in [2.24, 2.45) is 0 Å². The van der Waals surface area contributed by atoms with Crippen LogP contribution in [0, 0.1) is 17.0 Å². The molecule has 1 atom stereocenters. The predicted molar refractivity (Wildman–Crippen MR) is 128 cm³/mol. The maximum absolute atomic E-state index is 13.0. The van der Waals surface area contributed by atoms with E-state index in [1.165, 1.54) is 10.7 Å². The molecule has 2 rings (SSSR count). The fourth-order valence-electron chi connectivity index (χ4n) is 3.05. The maximum atomic E-state index is 13.0. The Morgan fingerprint density at radius 3 is 2.38 bits per heavy atom. The number of nitro benzene ring substituents is 1. The molecule has 0 saturated carbocycles. The van der Waals surface area contributed by atoms with Crippen LogP contribution in [-0.2, 0) is 15.6 Å². The van der Waals surface area contributed by atoms with Gasteiger partial charge >= 0.3 is 0 Å². The number of rotatable bonds is 9. The lowest BCUT2D eigenvalue weighted by molar-refractivity contribution is -0.385. The average Bonchev–Trinajstić information content (AvgIpc) is 3.03. The first-order valence-corrected chi connectivity index (χ1v) is 12.5. The molecule has 188 valence electrons. The number of nitro groups is 1. The highest BCUT2D eigenvalue weighted by atomic mass is 32.2. The van der Waals surface area contributed by atoms with Crippen LogP contribution >= 0.6 is 0 Å². The number of nitrogens with zero attached hydrogens (tertiary/aromatic N) is 3. The highest BCUT2D eigenvalue weighted by Gasteiger charge is 2.31. The summed E-state index contributed by atoms with van der Waals surface area (Å²) in [4.78, 5) is 23.0. The Hall–Kier alpha value is -2.99. The zero-order chi connectivity index (χ0) is 26.0. The second-order valence-corrected chi connectivity index (χ2v) is 11.1. The summed E-state index contributed by atoms with van der Waals surface area (Å²) in [7, 11) is -4.14. The molecule has 12 heteroatoms. The van der Waals surface area contributed by atoms with Crippen molar-refractivity contribution in [2.45, 2.75) is 84.3 Å². The lowest BCUT2D eigenvalue weighted by atomic mass is 10.1. The zero-order valence-electron chi connectivity index (χ0n) is 20.8. The molecule has 2 aromatic rings. The van der Waals surface area contributed by atoms with Crippen molar-refractivity contribution in [1.29, 1.82) is 0 Å². The van der Waals surface area contributed by atoms with Gasteiger partial charge in [0.2, 0.25) is 15.9 Å². The van der Waals surface area contributed by atoms with E-state index in [2.05, 4.69) is 15.1 Å².